The number of carboxylic acid groups (broad SMARTS) is 1. The van der Waals surface area contributed by atoms with Crippen LogP contribution in [0.1, 0.15) is 47.0 Å². The van der Waals surface area contributed by atoms with E-state index in [0.29, 0.717) is 25.3 Å². The van der Waals surface area contributed by atoms with Crippen molar-refractivity contribution in [2.75, 3.05) is 18.8 Å². The molecule has 0 bridgehead atoms. The number of Topliss-reactive ketones (excluding diaryl/α,β-unsaturated/α-hetero) is 1. The second-order valence-electron chi connectivity index (χ2n) is 6.55. The van der Waals surface area contributed by atoms with Gasteiger partial charge in [0.05, 0.1) is 0 Å². The minimum Gasteiger partial charge on any atom is -0.480 e. The molecule has 0 saturated carbocycles. The van der Waals surface area contributed by atoms with Crippen LogP contribution in [-0.4, -0.2) is 57.7 Å². The van der Waals surface area contributed by atoms with E-state index in [1.165, 1.54) is 0 Å². The number of hydrogen-bond acceptors (Lipinski definition) is 6. The van der Waals surface area contributed by atoms with Gasteiger partial charge in [0.25, 0.3) is 0 Å². The second-order valence-corrected chi connectivity index (χ2v) is 7.71. The van der Waals surface area contributed by atoms with Crippen LogP contribution in [0, 0.1) is 11.8 Å². The Morgan fingerprint density at radius 1 is 1.00 bits per heavy atom. The molecular formula is C17H30N2O5S. The van der Waals surface area contributed by atoms with Crippen LogP contribution in [0.25, 0.3) is 0 Å². The molecule has 8 heteroatoms. The summed E-state index contributed by atoms with van der Waals surface area (Å²) >= 11 is 1.06. The van der Waals surface area contributed by atoms with Gasteiger partial charge in [0.2, 0.25) is 5.91 Å². The van der Waals surface area contributed by atoms with Crippen molar-refractivity contribution in [1.82, 2.24) is 4.90 Å². The van der Waals surface area contributed by atoms with E-state index in [1.54, 1.807) is 18.7 Å². The lowest BCUT2D eigenvalue weighted by Crippen LogP contribution is -2.38. The van der Waals surface area contributed by atoms with Crippen LogP contribution in [0.2, 0.25) is 0 Å². The van der Waals surface area contributed by atoms with Gasteiger partial charge in [-0.3, -0.25) is 19.2 Å². The maximum atomic E-state index is 12.2. The molecule has 0 radical (unpaired) electrons. The first-order valence-electron chi connectivity index (χ1n) is 8.51. The number of nitrogens with two attached hydrogens (primary N) is 1. The SMILES string of the molecule is CC(C)C(=O)CCN(CCSC(=O)CC[C@H](N)C(=O)O)C(=O)C(C)C. The Bertz CT molecular complexity index is 480. The van der Waals surface area contributed by atoms with Crippen LogP contribution in [-0.2, 0) is 19.2 Å². The van der Waals surface area contributed by atoms with E-state index in [9.17, 15) is 19.2 Å². The van der Waals surface area contributed by atoms with Gasteiger partial charge in [0.1, 0.15) is 11.8 Å². The maximum Gasteiger partial charge on any atom is 0.320 e. The van der Waals surface area contributed by atoms with Crippen molar-refractivity contribution < 1.29 is 24.3 Å². The number of aliphatic carboxylic acids is 1. The van der Waals surface area contributed by atoms with Gasteiger partial charge in [-0.1, -0.05) is 39.5 Å². The summed E-state index contributed by atoms with van der Waals surface area (Å²) in [5.41, 5.74) is 5.36. The first-order valence-corrected chi connectivity index (χ1v) is 9.50. The third kappa shape index (κ3) is 10.2. The van der Waals surface area contributed by atoms with E-state index < -0.39 is 12.0 Å². The summed E-state index contributed by atoms with van der Waals surface area (Å²) in [5, 5.41) is 8.54. The van der Waals surface area contributed by atoms with Crippen molar-refractivity contribution >= 4 is 34.5 Å². The molecule has 3 N–H and O–H groups in total. The molecule has 0 aromatic rings. The van der Waals surface area contributed by atoms with Gasteiger partial charge in [-0.25, -0.2) is 0 Å². The van der Waals surface area contributed by atoms with Gasteiger partial charge in [0.15, 0.2) is 5.12 Å². The molecule has 1 amide bonds. The Balaban J connectivity index is 4.38. The molecule has 144 valence electrons. The van der Waals surface area contributed by atoms with Gasteiger partial charge < -0.3 is 15.7 Å². The highest BCUT2D eigenvalue weighted by atomic mass is 32.2. The molecular weight excluding hydrogens is 344 g/mol. The Labute approximate surface area is 153 Å². The lowest BCUT2D eigenvalue weighted by molar-refractivity contribution is -0.139. The average molecular weight is 375 g/mol. The number of carbonyl (C=O) groups is 4. The predicted molar refractivity (Wildman–Crippen MR) is 98.2 cm³/mol. The van der Waals surface area contributed by atoms with Crippen LogP contribution in [0.3, 0.4) is 0 Å². The summed E-state index contributed by atoms with van der Waals surface area (Å²) in [6, 6.07) is -1.04. The van der Waals surface area contributed by atoms with Crippen molar-refractivity contribution in [3.8, 4) is 0 Å². The summed E-state index contributed by atoms with van der Waals surface area (Å²) in [4.78, 5) is 48.0. The Kier molecular flexibility index (Phi) is 11.3. The van der Waals surface area contributed by atoms with E-state index in [0.717, 1.165) is 11.8 Å². The first kappa shape index (κ1) is 23.6. The molecule has 0 unspecified atom stereocenters. The van der Waals surface area contributed by atoms with Crippen molar-refractivity contribution in [3.63, 3.8) is 0 Å². The Hall–Kier alpha value is -1.41. The number of ketones is 1. The van der Waals surface area contributed by atoms with Gasteiger partial charge in [-0.15, -0.1) is 0 Å². The van der Waals surface area contributed by atoms with Gasteiger partial charge >= 0.3 is 5.97 Å². The lowest BCUT2D eigenvalue weighted by Gasteiger charge is -2.24. The predicted octanol–water partition coefficient (Wildman–Crippen LogP) is 1.54. The molecule has 0 aromatic heterocycles. The van der Waals surface area contributed by atoms with E-state index in [4.69, 9.17) is 10.8 Å². The largest absolute Gasteiger partial charge is 0.480 e. The highest BCUT2D eigenvalue weighted by molar-refractivity contribution is 8.13. The molecule has 0 fully saturated rings. The molecule has 0 saturated heterocycles. The summed E-state index contributed by atoms with van der Waals surface area (Å²) < 4.78 is 0. The van der Waals surface area contributed by atoms with E-state index in [-0.39, 0.29) is 41.5 Å². The first-order chi connectivity index (χ1) is 11.6. The summed E-state index contributed by atoms with van der Waals surface area (Å²) in [7, 11) is 0. The van der Waals surface area contributed by atoms with Crippen LogP contribution in [0.5, 0.6) is 0 Å². The minimum atomic E-state index is -1.12. The zero-order valence-corrected chi connectivity index (χ0v) is 16.3. The fourth-order valence-electron chi connectivity index (χ4n) is 1.97. The molecule has 1 atom stereocenters. The number of carboxylic acids is 1. The molecule has 0 aromatic carbocycles. The summed E-state index contributed by atoms with van der Waals surface area (Å²) in [5.74, 6) is -0.893. The van der Waals surface area contributed by atoms with E-state index >= 15 is 0 Å². The smallest absolute Gasteiger partial charge is 0.320 e. The zero-order chi connectivity index (χ0) is 19.6. The standard InChI is InChI=1S/C17H30N2O5S/c1-11(2)14(20)7-8-19(16(22)12(3)4)9-10-25-15(21)6-5-13(18)17(23)24/h11-13H,5-10,18H2,1-4H3,(H,23,24)/t13-/m0/s1. The van der Waals surface area contributed by atoms with E-state index in [2.05, 4.69) is 0 Å². The number of hydrogen-bond donors (Lipinski definition) is 2. The van der Waals surface area contributed by atoms with Crippen molar-refractivity contribution in [2.45, 2.75) is 53.0 Å². The van der Waals surface area contributed by atoms with Crippen molar-refractivity contribution in [2.24, 2.45) is 17.6 Å². The highest BCUT2D eigenvalue weighted by Gasteiger charge is 2.19. The van der Waals surface area contributed by atoms with Crippen LogP contribution in [0.4, 0.5) is 0 Å². The lowest BCUT2D eigenvalue weighted by atomic mass is 10.1. The third-order valence-electron chi connectivity index (χ3n) is 3.68. The molecule has 0 spiro atoms. The molecule has 0 rings (SSSR count). The normalized spacial score (nSPS) is 12.3. The fourth-order valence-corrected chi connectivity index (χ4v) is 2.77. The Morgan fingerprint density at radius 2 is 1.60 bits per heavy atom. The summed E-state index contributed by atoms with van der Waals surface area (Å²) in [6.45, 7) is 7.98. The maximum absolute atomic E-state index is 12.2. The molecule has 0 aliphatic carbocycles. The monoisotopic (exact) mass is 374 g/mol. The molecule has 7 nitrogen and oxygen atoms in total. The minimum absolute atomic E-state index is 0.0440. The molecule has 0 aliphatic heterocycles. The van der Waals surface area contributed by atoms with Gasteiger partial charge in [-0.05, 0) is 6.42 Å². The fraction of sp³-hybridized carbons (Fsp3) is 0.765. The summed E-state index contributed by atoms with van der Waals surface area (Å²) in [6.07, 6.45) is 0.489. The number of rotatable bonds is 12. The topological polar surface area (TPSA) is 118 Å². The third-order valence-corrected chi connectivity index (χ3v) is 4.59. The highest BCUT2D eigenvalue weighted by Crippen LogP contribution is 2.12. The Morgan fingerprint density at radius 3 is 2.08 bits per heavy atom. The number of amides is 1. The van der Waals surface area contributed by atoms with Crippen LogP contribution >= 0.6 is 11.8 Å². The molecule has 25 heavy (non-hydrogen) atoms. The number of carbonyl (C=O) groups excluding carboxylic acids is 3. The van der Waals surface area contributed by atoms with Crippen molar-refractivity contribution in [3.05, 3.63) is 0 Å². The number of thioether (sulfide) groups is 1. The van der Waals surface area contributed by atoms with Crippen molar-refractivity contribution in [1.29, 1.82) is 0 Å². The van der Waals surface area contributed by atoms with Gasteiger partial charge in [0, 0.05) is 43.5 Å². The number of nitrogens with zero attached hydrogens (tertiary/aromatic N) is 1. The van der Waals surface area contributed by atoms with Crippen LogP contribution in [0.15, 0.2) is 0 Å². The molecule has 0 aliphatic rings. The quantitative estimate of drug-likeness (QED) is 0.532. The molecule has 0 heterocycles. The average Bonchev–Trinajstić information content (AvgIpc) is 2.54. The van der Waals surface area contributed by atoms with Gasteiger partial charge in [-0.2, -0.15) is 0 Å². The zero-order valence-electron chi connectivity index (χ0n) is 15.5. The van der Waals surface area contributed by atoms with Crippen LogP contribution < -0.4 is 5.73 Å². The van der Waals surface area contributed by atoms with E-state index in [1.807, 2.05) is 13.8 Å². The second kappa shape index (κ2) is 12.0.